The van der Waals surface area contributed by atoms with Gasteiger partial charge in [-0.15, -0.1) is 0 Å². The standard InChI is InChI=1S/C11H6ClFN/c12-10-6-8(3-4-11(10)13)9-2-1-5-14-7-9/h2-7H. The average molecular weight is 207 g/mol. The molecule has 0 N–H and O–H groups in total. The van der Waals surface area contributed by atoms with Gasteiger partial charge >= 0.3 is 0 Å². The summed E-state index contributed by atoms with van der Waals surface area (Å²) in [4.78, 5) is 3.92. The maximum atomic E-state index is 12.9. The van der Waals surface area contributed by atoms with Crippen molar-refractivity contribution in [1.29, 1.82) is 0 Å². The molecule has 2 aromatic rings. The molecule has 1 nitrogen and oxygen atoms in total. The van der Waals surface area contributed by atoms with Crippen LogP contribution in [0.5, 0.6) is 0 Å². The lowest BCUT2D eigenvalue weighted by atomic mass is 10.1. The van der Waals surface area contributed by atoms with E-state index in [1.165, 1.54) is 6.07 Å². The second-order valence-electron chi connectivity index (χ2n) is 2.80. The lowest BCUT2D eigenvalue weighted by Gasteiger charge is -2.01. The minimum absolute atomic E-state index is 0.117. The van der Waals surface area contributed by atoms with Crippen LogP contribution in [0.2, 0.25) is 5.02 Å². The highest BCUT2D eigenvalue weighted by molar-refractivity contribution is 6.31. The zero-order chi connectivity index (χ0) is 9.97. The van der Waals surface area contributed by atoms with Crippen molar-refractivity contribution in [3.63, 3.8) is 0 Å². The molecule has 1 heterocycles. The highest BCUT2D eigenvalue weighted by atomic mass is 35.5. The molecule has 0 amide bonds. The Hall–Kier alpha value is -1.41. The first-order valence-corrected chi connectivity index (χ1v) is 4.42. The Kier molecular flexibility index (Phi) is 2.46. The highest BCUT2D eigenvalue weighted by Crippen LogP contribution is 2.23. The largest absolute Gasteiger partial charge is 0.263 e. The summed E-state index contributed by atoms with van der Waals surface area (Å²) >= 11 is 5.66. The Balaban J connectivity index is 2.48. The minimum Gasteiger partial charge on any atom is -0.263 e. The molecule has 3 heteroatoms. The van der Waals surface area contributed by atoms with Gasteiger partial charge in [0.15, 0.2) is 0 Å². The van der Waals surface area contributed by atoms with E-state index in [0.29, 0.717) is 0 Å². The van der Waals surface area contributed by atoms with Gasteiger partial charge in [-0.2, -0.15) is 0 Å². The Morgan fingerprint density at radius 1 is 1.29 bits per heavy atom. The van der Waals surface area contributed by atoms with E-state index >= 15 is 0 Å². The van der Waals surface area contributed by atoms with Crippen molar-refractivity contribution >= 4 is 11.6 Å². The van der Waals surface area contributed by atoms with Gasteiger partial charge in [0, 0.05) is 24.0 Å². The summed E-state index contributed by atoms with van der Waals surface area (Å²) in [6, 6.07) is 9.19. The predicted molar refractivity (Wildman–Crippen MR) is 53.5 cm³/mol. The zero-order valence-electron chi connectivity index (χ0n) is 7.17. The monoisotopic (exact) mass is 206 g/mol. The van der Waals surface area contributed by atoms with Gasteiger partial charge in [0.1, 0.15) is 5.82 Å². The summed E-state index contributed by atoms with van der Waals surface area (Å²) in [5, 5.41) is 0.117. The van der Waals surface area contributed by atoms with E-state index in [1.54, 1.807) is 30.6 Å². The smallest absolute Gasteiger partial charge is 0.141 e. The number of nitrogens with zero attached hydrogens (tertiary/aromatic N) is 1. The number of aromatic nitrogens is 1. The fourth-order valence-corrected chi connectivity index (χ4v) is 1.34. The lowest BCUT2D eigenvalue weighted by molar-refractivity contribution is 0.628. The molecule has 0 aliphatic carbocycles. The topological polar surface area (TPSA) is 12.9 Å². The van der Waals surface area contributed by atoms with Crippen molar-refractivity contribution in [3.05, 3.63) is 53.6 Å². The van der Waals surface area contributed by atoms with Crippen molar-refractivity contribution < 1.29 is 4.39 Å². The molecule has 0 spiro atoms. The van der Waals surface area contributed by atoms with E-state index in [4.69, 9.17) is 11.6 Å². The quantitative estimate of drug-likeness (QED) is 0.698. The van der Waals surface area contributed by atoms with Gasteiger partial charge in [0.25, 0.3) is 0 Å². The van der Waals surface area contributed by atoms with Crippen LogP contribution in [0, 0.1) is 11.9 Å². The van der Waals surface area contributed by atoms with Gasteiger partial charge in [0.05, 0.1) is 5.02 Å². The summed E-state index contributed by atoms with van der Waals surface area (Å²) in [6.07, 6.45) is 3.24. The molecule has 0 saturated carbocycles. The van der Waals surface area contributed by atoms with E-state index in [9.17, 15) is 4.39 Å². The number of halogens is 2. The molecule has 0 aliphatic rings. The number of hydrogen-bond donors (Lipinski definition) is 0. The van der Waals surface area contributed by atoms with Gasteiger partial charge in [0.2, 0.25) is 0 Å². The van der Waals surface area contributed by atoms with Crippen molar-refractivity contribution in [2.45, 2.75) is 0 Å². The molecule has 1 aromatic heterocycles. The van der Waals surface area contributed by atoms with Crippen molar-refractivity contribution in [2.75, 3.05) is 0 Å². The third-order valence-corrected chi connectivity index (χ3v) is 2.14. The van der Waals surface area contributed by atoms with Gasteiger partial charge in [-0.1, -0.05) is 17.7 Å². The van der Waals surface area contributed by atoms with Crippen molar-refractivity contribution in [1.82, 2.24) is 4.98 Å². The summed E-state index contributed by atoms with van der Waals surface area (Å²) in [6.45, 7) is 0. The Morgan fingerprint density at radius 3 is 2.79 bits per heavy atom. The first-order valence-electron chi connectivity index (χ1n) is 4.04. The van der Waals surface area contributed by atoms with Crippen molar-refractivity contribution in [3.8, 4) is 11.1 Å². The fourth-order valence-electron chi connectivity index (χ4n) is 1.16. The molecule has 1 aromatic carbocycles. The van der Waals surface area contributed by atoms with Crippen LogP contribution in [0.15, 0.2) is 36.7 Å². The van der Waals surface area contributed by atoms with E-state index < -0.39 is 5.82 Å². The van der Waals surface area contributed by atoms with Gasteiger partial charge in [-0.25, -0.2) is 4.39 Å². The van der Waals surface area contributed by atoms with Crippen LogP contribution in [0.3, 0.4) is 0 Å². The molecule has 69 valence electrons. The number of rotatable bonds is 1. The van der Waals surface area contributed by atoms with Crippen LogP contribution in [0.4, 0.5) is 4.39 Å². The van der Waals surface area contributed by atoms with Crippen LogP contribution in [-0.2, 0) is 0 Å². The fraction of sp³-hybridized carbons (Fsp3) is 0. The van der Waals surface area contributed by atoms with Crippen LogP contribution in [-0.4, -0.2) is 4.98 Å². The van der Waals surface area contributed by atoms with Crippen LogP contribution < -0.4 is 0 Å². The summed E-state index contributed by atoms with van der Waals surface area (Å²) in [5.74, 6) is -0.414. The first kappa shape index (κ1) is 9.16. The molecule has 2 rings (SSSR count). The van der Waals surface area contributed by atoms with E-state index in [2.05, 4.69) is 11.1 Å². The second kappa shape index (κ2) is 3.76. The van der Waals surface area contributed by atoms with Gasteiger partial charge < -0.3 is 0 Å². The van der Waals surface area contributed by atoms with Crippen LogP contribution >= 0.6 is 11.6 Å². The SMILES string of the molecule is Fc1ccc(-c2c[c]cnc2)cc1Cl. The molecular weight excluding hydrogens is 201 g/mol. The Labute approximate surface area is 86.2 Å². The third kappa shape index (κ3) is 1.75. The highest BCUT2D eigenvalue weighted by Gasteiger charge is 2.02. The zero-order valence-corrected chi connectivity index (χ0v) is 7.92. The Bertz CT molecular complexity index is 442. The first-order chi connectivity index (χ1) is 6.77. The number of hydrogen-bond acceptors (Lipinski definition) is 1. The maximum Gasteiger partial charge on any atom is 0.141 e. The van der Waals surface area contributed by atoms with Crippen LogP contribution in [0.1, 0.15) is 0 Å². The normalized spacial score (nSPS) is 10.1. The summed E-state index contributed by atoms with van der Waals surface area (Å²) in [5.41, 5.74) is 1.70. The molecule has 0 saturated heterocycles. The van der Waals surface area contributed by atoms with E-state index in [-0.39, 0.29) is 5.02 Å². The number of benzene rings is 1. The maximum absolute atomic E-state index is 12.9. The average Bonchev–Trinajstić information content (AvgIpc) is 2.23. The second-order valence-corrected chi connectivity index (χ2v) is 3.21. The minimum atomic E-state index is -0.414. The molecule has 14 heavy (non-hydrogen) atoms. The molecule has 0 atom stereocenters. The third-order valence-electron chi connectivity index (χ3n) is 1.85. The summed E-state index contributed by atoms with van der Waals surface area (Å²) in [7, 11) is 0. The Morgan fingerprint density at radius 2 is 2.14 bits per heavy atom. The van der Waals surface area contributed by atoms with E-state index in [1.807, 2.05) is 0 Å². The van der Waals surface area contributed by atoms with Crippen molar-refractivity contribution in [2.24, 2.45) is 0 Å². The van der Waals surface area contributed by atoms with Crippen LogP contribution in [0.25, 0.3) is 11.1 Å². The molecule has 0 aliphatic heterocycles. The molecule has 0 unspecified atom stereocenters. The van der Waals surface area contributed by atoms with E-state index in [0.717, 1.165) is 11.1 Å². The summed E-state index contributed by atoms with van der Waals surface area (Å²) < 4.78 is 12.9. The molecule has 0 fully saturated rings. The lowest BCUT2D eigenvalue weighted by Crippen LogP contribution is -1.81. The molecule has 1 radical (unpaired) electrons. The molecule has 0 bridgehead atoms. The number of pyridine rings is 1. The van der Waals surface area contributed by atoms with Gasteiger partial charge in [-0.05, 0) is 23.8 Å². The van der Waals surface area contributed by atoms with Gasteiger partial charge in [-0.3, -0.25) is 4.98 Å². The molecular formula is C11H6ClFN. The predicted octanol–water partition coefficient (Wildman–Crippen LogP) is 3.34.